The molecule has 0 fully saturated rings. The largest absolute Gasteiger partial charge is 0.508 e. The summed E-state index contributed by atoms with van der Waals surface area (Å²) in [6, 6.07) is 11.0. The van der Waals surface area contributed by atoms with Gasteiger partial charge in [-0.05, 0) is 43.3 Å². The Balaban J connectivity index is 2.17. The summed E-state index contributed by atoms with van der Waals surface area (Å²) < 4.78 is 0. The number of hydrogen-bond donors (Lipinski definition) is 2. The molecular formula is C15H12Cl2N2O2. The second-order valence-electron chi connectivity index (χ2n) is 4.31. The van der Waals surface area contributed by atoms with Crippen molar-refractivity contribution in [3.8, 4) is 5.75 Å². The summed E-state index contributed by atoms with van der Waals surface area (Å²) in [6.07, 6.45) is 0. The van der Waals surface area contributed by atoms with E-state index in [1.165, 1.54) is 12.1 Å². The quantitative estimate of drug-likeness (QED) is 0.666. The van der Waals surface area contributed by atoms with Crippen LogP contribution in [0.3, 0.4) is 0 Å². The first-order chi connectivity index (χ1) is 9.97. The molecule has 2 N–H and O–H groups in total. The average molecular weight is 323 g/mol. The summed E-state index contributed by atoms with van der Waals surface area (Å²) in [6.45, 7) is 1.71. The van der Waals surface area contributed by atoms with Gasteiger partial charge in [-0.2, -0.15) is 5.10 Å². The SMILES string of the molecule is C/C(=N\NC(=O)c1cccc(O)c1)c1cc(Cl)ccc1Cl. The van der Waals surface area contributed by atoms with Crippen molar-refractivity contribution in [2.24, 2.45) is 5.10 Å². The van der Waals surface area contributed by atoms with Crippen LogP contribution in [0, 0.1) is 0 Å². The zero-order valence-corrected chi connectivity index (χ0v) is 12.6. The molecule has 1 amide bonds. The molecule has 21 heavy (non-hydrogen) atoms. The fraction of sp³-hybridized carbons (Fsp3) is 0.0667. The fourth-order valence-corrected chi connectivity index (χ4v) is 2.11. The number of amides is 1. The first kappa shape index (κ1) is 15.4. The Bertz CT molecular complexity index is 715. The van der Waals surface area contributed by atoms with E-state index in [2.05, 4.69) is 10.5 Å². The average Bonchev–Trinajstić information content (AvgIpc) is 2.47. The number of carbonyl (C=O) groups excluding carboxylic acids is 1. The van der Waals surface area contributed by atoms with Crippen LogP contribution in [0.25, 0.3) is 0 Å². The summed E-state index contributed by atoms with van der Waals surface area (Å²) in [5.74, 6) is -0.412. The van der Waals surface area contributed by atoms with Crippen LogP contribution in [0.4, 0.5) is 0 Å². The summed E-state index contributed by atoms with van der Waals surface area (Å²) >= 11 is 12.0. The maximum Gasteiger partial charge on any atom is 0.271 e. The number of nitrogens with one attached hydrogen (secondary N) is 1. The van der Waals surface area contributed by atoms with E-state index in [1.807, 2.05) is 0 Å². The number of carbonyl (C=O) groups is 1. The molecular weight excluding hydrogens is 311 g/mol. The number of phenolic OH excluding ortho intramolecular Hbond substituents is 1. The van der Waals surface area contributed by atoms with Crippen LogP contribution in [0.1, 0.15) is 22.8 Å². The van der Waals surface area contributed by atoms with E-state index in [9.17, 15) is 9.90 Å². The second-order valence-corrected chi connectivity index (χ2v) is 5.16. The van der Waals surface area contributed by atoms with Gasteiger partial charge < -0.3 is 5.11 Å². The number of hydrogen-bond acceptors (Lipinski definition) is 3. The topological polar surface area (TPSA) is 61.7 Å². The van der Waals surface area contributed by atoms with Crippen LogP contribution in [0.2, 0.25) is 10.0 Å². The minimum absolute atomic E-state index is 0.0150. The molecule has 0 aliphatic rings. The number of nitrogens with zero attached hydrogens (tertiary/aromatic N) is 1. The van der Waals surface area contributed by atoms with Crippen molar-refractivity contribution in [1.82, 2.24) is 5.43 Å². The molecule has 2 rings (SSSR count). The lowest BCUT2D eigenvalue weighted by Gasteiger charge is -2.05. The van der Waals surface area contributed by atoms with Crippen molar-refractivity contribution in [2.75, 3.05) is 0 Å². The van der Waals surface area contributed by atoms with Crippen molar-refractivity contribution < 1.29 is 9.90 Å². The molecule has 0 bridgehead atoms. The lowest BCUT2D eigenvalue weighted by molar-refractivity contribution is 0.0954. The van der Waals surface area contributed by atoms with Gasteiger partial charge in [-0.25, -0.2) is 5.43 Å². The smallest absolute Gasteiger partial charge is 0.271 e. The van der Waals surface area contributed by atoms with E-state index in [1.54, 1.807) is 37.3 Å². The molecule has 4 nitrogen and oxygen atoms in total. The van der Waals surface area contributed by atoms with Crippen LogP contribution in [0.15, 0.2) is 47.6 Å². The molecule has 0 heterocycles. The van der Waals surface area contributed by atoms with Crippen LogP contribution in [-0.2, 0) is 0 Å². The van der Waals surface area contributed by atoms with Crippen molar-refractivity contribution in [3.63, 3.8) is 0 Å². The molecule has 6 heteroatoms. The molecule has 0 aliphatic heterocycles. The molecule has 0 atom stereocenters. The normalized spacial score (nSPS) is 11.3. The highest BCUT2D eigenvalue weighted by atomic mass is 35.5. The highest BCUT2D eigenvalue weighted by Gasteiger charge is 2.08. The summed E-state index contributed by atoms with van der Waals surface area (Å²) in [4.78, 5) is 11.9. The monoisotopic (exact) mass is 322 g/mol. The highest BCUT2D eigenvalue weighted by molar-refractivity contribution is 6.36. The fourth-order valence-electron chi connectivity index (χ4n) is 1.68. The molecule has 0 unspecified atom stereocenters. The van der Waals surface area contributed by atoms with E-state index >= 15 is 0 Å². The van der Waals surface area contributed by atoms with E-state index in [0.29, 0.717) is 26.9 Å². The lowest BCUT2D eigenvalue weighted by Crippen LogP contribution is -2.19. The maximum absolute atomic E-state index is 11.9. The third kappa shape index (κ3) is 3.97. The molecule has 0 saturated heterocycles. The van der Waals surface area contributed by atoms with Crippen LogP contribution in [-0.4, -0.2) is 16.7 Å². The second kappa shape index (κ2) is 6.61. The van der Waals surface area contributed by atoms with Gasteiger partial charge >= 0.3 is 0 Å². The molecule has 2 aromatic rings. The number of benzene rings is 2. The van der Waals surface area contributed by atoms with Gasteiger partial charge in [0.05, 0.1) is 5.71 Å². The predicted molar refractivity (Wildman–Crippen MR) is 84.2 cm³/mol. The number of aromatic hydroxyl groups is 1. The lowest BCUT2D eigenvalue weighted by atomic mass is 10.1. The van der Waals surface area contributed by atoms with E-state index < -0.39 is 5.91 Å². The summed E-state index contributed by atoms with van der Waals surface area (Å²) in [7, 11) is 0. The molecule has 0 spiro atoms. The van der Waals surface area contributed by atoms with Crippen molar-refractivity contribution in [1.29, 1.82) is 0 Å². The minimum atomic E-state index is -0.427. The first-order valence-corrected chi connectivity index (χ1v) is 6.82. The Morgan fingerprint density at radius 3 is 2.67 bits per heavy atom. The zero-order valence-electron chi connectivity index (χ0n) is 11.1. The number of rotatable bonds is 3. The molecule has 2 aromatic carbocycles. The molecule has 0 aliphatic carbocycles. The number of halogens is 2. The maximum atomic E-state index is 11.9. The third-order valence-corrected chi connectivity index (χ3v) is 3.32. The van der Waals surface area contributed by atoms with Gasteiger partial charge in [-0.1, -0.05) is 29.3 Å². The summed E-state index contributed by atoms with van der Waals surface area (Å²) in [5.41, 5.74) is 3.88. The zero-order chi connectivity index (χ0) is 15.4. The van der Waals surface area contributed by atoms with E-state index in [-0.39, 0.29) is 5.75 Å². The minimum Gasteiger partial charge on any atom is -0.508 e. The molecule has 0 aromatic heterocycles. The Morgan fingerprint density at radius 1 is 1.19 bits per heavy atom. The van der Waals surface area contributed by atoms with E-state index in [0.717, 1.165) is 0 Å². The van der Waals surface area contributed by atoms with Crippen LogP contribution >= 0.6 is 23.2 Å². The highest BCUT2D eigenvalue weighted by Crippen LogP contribution is 2.21. The Kier molecular flexibility index (Phi) is 4.83. The number of phenols is 1. The molecule has 0 radical (unpaired) electrons. The molecule has 108 valence electrons. The van der Waals surface area contributed by atoms with Gasteiger partial charge in [0.25, 0.3) is 5.91 Å². The molecule has 0 saturated carbocycles. The Hall–Kier alpha value is -2.04. The van der Waals surface area contributed by atoms with Gasteiger partial charge in [-0.3, -0.25) is 4.79 Å². The van der Waals surface area contributed by atoms with Crippen molar-refractivity contribution in [3.05, 3.63) is 63.6 Å². The third-order valence-electron chi connectivity index (χ3n) is 2.75. The summed E-state index contributed by atoms with van der Waals surface area (Å²) in [5, 5.41) is 14.4. The van der Waals surface area contributed by atoms with Gasteiger partial charge in [0.1, 0.15) is 5.75 Å². The predicted octanol–water partition coefficient (Wildman–Crippen LogP) is 3.85. The van der Waals surface area contributed by atoms with Gasteiger partial charge in [0, 0.05) is 21.2 Å². The van der Waals surface area contributed by atoms with E-state index in [4.69, 9.17) is 23.2 Å². The van der Waals surface area contributed by atoms with Crippen molar-refractivity contribution in [2.45, 2.75) is 6.92 Å². The van der Waals surface area contributed by atoms with Gasteiger partial charge in [-0.15, -0.1) is 0 Å². The standard InChI is InChI=1S/C15H12Cl2N2O2/c1-9(13-8-11(16)5-6-14(13)17)18-19-15(21)10-3-2-4-12(20)7-10/h2-8,20H,1H3,(H,19,21)/b18-9+. The van der Waals surface area contributed by atoms with Crippen molar-refractivity contribution >= 4 is 34.8 Å². The van der Waals surface area contributed by atoms with Crippen LogP contribution < -0.4 is 5.43 Å². The van der Waals surface area contributed by atoms with Gasteiger partial charge in [0.15, 0.2) is 0 Å². The Morgan fingerprint density at radius 2 is 1.95 bits per heavy atom. The Labute approximate surface area is 132 Å². The first-order valence-electron chi connectivity index (χ1n) is 6.06. The van der Waals surface area contributed by atoms with Gasteiger partial charge in [0.2, 0.25) is 0 Å². The number of hydrazone groups is 1. The van der Waals surface area contributed by atoms with Crippen LogP contribution in [0.5, 0.6) is 5.75 Å².